The van der Waals surface area contributed by atoms with Crippen molar-refractivity contribution in [3.8, 4) is 5.69 Å². The van der Waals surface area contributed by atoms with Crippen LogP contribution >= 0.6 is 22.9 Å². The van der Waals surface area contributed by atoms with Crippen LogP contribution in [0.5, 0.6) is 0 Å². The molecule has 1 amide bonds. The van der Waals surface area contributed by atoms with Gasteiger partial charge in [0, 0.05) is 18.5 Å². The molecule has 0 spiro atoms. The maximum absolute atomic E-state index is 12.9. The summed E-state index contributed by atoms with van der Waals surface area (Å²) in [6.07, 6.45) is 1.97. The van der Waals surface area contributed by atoms with E-state index in [1.165, 1.54) is 11.3 Å². The molecule has 0 bridgehead atoms. The summed E-state index contributed by atoms with van der Waals surface area (Å²) in [5.74, 6) is 0.643. The number of fused-ring (bicyclic) bond motifs is 1. The van der Waals surface area contributed by atoms with Gasteiger partial charge in [-0.3, -0.25) is 4.79 Å². The Kier molecular flexibility index (Phi) is 4.73. The van der Waals surface area contributed by atoms with Crippen molar-refractivity contribution in [2.75, 3.05) is 19.6 Å². The lowest BCUT2D eigenvalue weighted by Gasteiger charge is -2.31. The van der Waals surface area contributed by atoms with Gasteiger partial charge in [0.25, 0.3) is 5.91 Å². The average molecular weight is 389 g/mol. The molecule has 26 heavy (non-hydrogen) atoms. The normalized spacial score (nSPS) is 15.7. The van der Waals surface area contributed by atoms with Gasteiger partial charge in [-0.05, 0) is 50.4 Å². The molecule has 0 unspecified atom stereocenters. The molecule has 7 heteroatoms. The first-order chi connectivity index (χ1) is 12.6. The zero-order valence-electron chi connectivity index (χ0n) is 14.6. The predicted octanol–water partition coefficient (Wildman–Crippen LogP) is 3.86. The summed E-state index contributed by atoms with van der Waals surface area (Å²) in [6.45, 7) is 4.23. The number of rotatable bonds is 3. The third kappa shape index (κ3) is 3.02. The van der Waals surface area contributed by atoms with Gasteiger partial charge >= 0.3 is 0 Å². The fourth-order valence-corrected chi connectivity index (χ4v) is 4.83. The van der Waals surface area contributed by atoms with E-state index in [0.717, 1.165) is 52.4 Å². The zero-order chi connectivity index (χ0) is 18.3. The van der Waals surface area contributed by atoms with Gasteiger partial charge < -0.3 is 10.6 Å². The van der Waals surface area contributed by atoms with Crippen LogP contribution in [-0.2, 0) is 0 Å². The number of piperidine rings is 1. The van der Waals surface area contributed by atoms with Crippen molar-refractivity contribution < 1.29 is 4.79 Å². The molecule has 1 aliphatic heterocycles. The predicted molar refractivity (Wildman–Crippen MR) is 106 cm³/mol. The van der Waals surface area contributed by atoms with Crippen molar-refractivity contribution in [2.24, 2.45) is 11.7 Å². The number of carbonyl (C=O) groups is 1. The second kappa shape index (κ2) is 7.02. The van der Waals surface area contributed by atoms with Crippen LogP contribution in [0.1, 0.15) is 28.2 Å². The molecule has 0 saturated carbocycles. The van der Waals surface area contributed by atoms with Gasteiger partial charge in [-0.25, -0.2) is 4.68 Å². The van der Waals surface area contributed by atoms with Crippen molar-refractivity contribution in [3.05, 3.63) is 45.9 Å². The molecule has 3 aromatic rings. The van der Waals surface area contributed by atoms with Crippen molar-refractivity contribution in [1.82, 2.24) is 14.7 Å². The topological polar surface area (TPSA) is 64.2 Å². The third-order valence-corrected chi connectivity index (χ3v) is 6.49. The summed E-state index contributed by atoms with van der Waals surface area (Å²) in [7, 11) is 0. The molecule has 2 N–H and O–H groups in total. The number of hydrogen-bond donors (Lipinski definition) is 1. The minimum absolute atomic E-state index is 0.104. The molecule has 2 aromatic heterocycles. The Bertz CT molecular complexity index is 956. The van der Waals surface area contributed by atoms with Crippen LogP contribution in [0.15, 0.2) is 30.3 Å². The van der Waals surface area contributed by atoms with E-state index in [-0.39, 0.29) is 5.91 Å². The van der Waals surface area contributed by atoms with Gasteiger partial charge in [0.15, 0.2) is 0 Å². The Morgan fingerprint density at radius 2 is 2.08 bits per heavy atom. The standard InChI is InChI=1S/C19H21ClN4OS/c1-12-14-10-17(18(25)23-8-6-13(11-21)7-9-23)26-19(14)24(22-12)16-5-3-2-4-15(16)20/h2-5,10,13H,6-9,11,21H2,1H3. The lowest BCUT2D eigenvalue weighted by Crippen LogP contribution is -2.39. The van der Waals surface area contributed by atoms with Gasteiger partial charge in [-0.2, -0.15) is 5.10 Å². The van der Waals surface area contributed by atoms with Gasteiger partial charge in [-0.1, -0.05) is 23.7 Å². The largest absolute Gasteiger partial charge is 0.338 e. The van der Waals surface area contributed by atoms with E-state index in [2.05, 4.69) is 5.10 Å². The summed E-state index contributed by atoms with van der Waals surface area (Å²) in [5.41, 5.74) is 7.48. The fourth-order valence-electron chi connectivity index (χ4n) is 3.47. The van der Waals surface area contributed by atoms with E-state index in [1.54, 1.807) is 0 Å². The molecule has 5 nitrogen and oxygen atoms in total. The number of nitrogens with zero attached hydrogens (tertiary/aromatic N) is 3. The first-order valence-electron chi connectivity index (χ1n) is 8.82. The number of hydrogen-bond acceptors (Lipinski definition) is 4. The number of amides is 1. The van der Waals surface area contributed by atoms with E-state index in [9.17, 15) is 4.79 Å². The lowest BCUT2D eigenvalue weighted by molar-refractivity contribution is 0.0698. The molecule has 1 aromatic carbocycles. The molecular weight excluding hydrogens is 368 g/mol. The van der Waals surface area contributed by atoms with Crippen LogP contribution in [0.4, 0.5) is 0 Å². The van der Waals surface area contributed by atoms with Crippen molar-refractivity contribution in [1.29, 1.82) is 0 Å². The molecule has 0 radical (unpaired) electrons. The summed E-state index contributed by atoms with van der Waals surface area (Å²) in [4.78, 5) is 16.6. The minimum Gasteiger partial charge on any atom is -0.338 e. The van der Waals surface area contributed by atoms with Crippen LogP contribution in [0.3, 0.4) is 0 Å². The Labute approximate surface area is 161 Å². The first-order valence-corrected chi connectivity index (χ1v) is 10.0. The molecule has 0 atom stereocenters. The minimum atomic E-state index is 0.104. The number of thiophene rings is 1. The molecule has 1 aliphatic rings. The van der Waals surface area contributed by atoms with Crippen LogP contribution in [0.25, 0.3) is 15.9 Å². The quantitative estimate of drug-likeness (QED) is 0.740. The smallest absolute Gasteiger partial charge is 0.264 e. The SMILES string of the molecule is Cc1nn(-c2ccccc2Cl)c2sc(C(=O)N3CCC(CN)CC3)cc12. The lowest BCUT2D eigenvalue weighted by atomic mass is 9.97. The maximum Gasteiger partial charge on any atom is 0.264 e. The number of nitrogens with two attached hydrogens (primary N) is 1. The van der Waals surface area contributed by atoms with Crippen molar-refractivity contribution in [2.45, 2.75) is 19.8 Å². The fraction of sp³-hybridized carbons (Fsp3) is 0.368. The molecule has 0 aliphatic carbocycles. The Hall–Kier alpha value is -1.89. The van der Waals surface area contributed by atoms with E-state index < -0.39 is 0 Å². The second-order valence-electron chi connectivity index (χ2n) is 6.75. The summed E-state index contributed by atoms with van der Waals surface area (Å²) >= 11 is 7.83. The average Bonchev–Trinajstić information content (AvgIpc) is 3.23. The van der Waals surface area contributed by atoms with Crippen LogP contribution in [-0.4, -0.2) is 40.2 Å². The van der Waals surface area contributed by atoms with E-state index >= 15 is 0 Å². The summed E-state index contributed by atoms with van der Waals surface area (Å²) < 4.78 is 1.84. The molecule has 1 saturated heterocycles. The number of aryl methyl sites for hydroxylation is 1. The summed E-state index contributed by atoms with van der Waals surface area (Å²) in [5, 5.41) is 6.27. The number of halogens is 1. The van der Waals surface area contributed by atoms with Crippen molar-refractivity contribution in [3.63, 3.8) is 0 Å². The highest BCUT2D eigenvalue weighted by Crippen LogP contribution is 2.33. The highest BCUT2D eigenvalue weighted by molar-refractivity contribution is 7.20. The molecule has 3 heterocycles. The second-order valence-corrected chi connectivity index (χ2v) is 8.19. The highest BCUT2D eigenvalue weighted by atomic mass is 35.5. The number of likely N-dealkylation sites (tertiary alicyclic amines) is 1. The number of aromatic nitrogens is 2. The van der Waals surface area contributed by atoms with Gasteiger partial charge in [0.05, 0.1) is 21.3 Å². The molecule has 1 fully saturated rings. The van der Waals surface area contributed by atoms with Crippen LogP contribution in [0.2, 0.25) is 5.02 Å². The van der Waals surface area contributed by atoms with Crippen molar-refractivity contribution >= 4 is 39.1 Å². The van der Waals surface area contributed by atoms with Gasteiger partial charge in [0.2, 0.25) is 0 Å². The molecule has 4 rings (SSSR count). The monoisotopic (exact) mass is 388 g/mol. The Morgan fingerprint density at radius 1 is 1.35 bits per heavy atom. The third-order valence-electron chi connectivity index (χ3n) is 5.07. The summed E-state index contributed by atoms with van der Waals surface area (Å²) in [6, 6.07) is 9.58. The molecular formula is C19H21ClN4OS. The maximum atomic E-state index is 12.9. The zero-order valence-corrected chi connectivity index (χ0v) is 16.2. The Balaban J connectivity index is 1.67. The van der Waals surface area contributed by atoms with E-state index in [0.29, 0.717) is 17.5 Å². The van der Waals surface area contributed by atoms with Gasteiger partial charge in [-0.15, -0.1) is 11.3 Å². The number of benzene rings is 1. The highest BCUT2D eigenvalue weighted by Gasteiger charge is 2.25. The van der Waals surface area contributed by atoms with Crippen LogP contribution < -0.4 is 5.73 Å². The van der Waals surface area contributed by atoms with Crippen LogP contribution in [0, 0.1) is 12.8 Å². The first kappa shape index (κ1) is 17.5. The van der Waals surface area contributed by atoms with E-state index in [1.807, 2.05) is 46.8 Å². The van der Waals surface area contributed by atoms with E-state index in [4.69, 9.17) is 17.3 Å². The van der Waals surface area contributed by atoms with Gasteiger partial charge in [0.1, 0.15) is 4.83 Å². The number of carbonyl (C=O) groups excluding carboxylic acids is 1. The number of para-hydroxylation sites is 1. The Morgan fingerprint density at radius 3 is 2.77 bits per heavy atom. The molecule has 136 valence electrons.